The van der Waals surface area contributed by atoms with Crippen molar-refractivity contribution in [1.29, 1.82) is 5.26 Å². The summed E-state index contributed by atoms with van der Waals surface area (Å²) in [5, 5.41) is 11.5. The molecule has 0 aliphatic rings. The lowest BCUT2D eigenvalue weighted by Gasteiger charge is -2.03. The molecule has 0 amide bonds. The van der Waals surface area contributed by atoms with E-state index in [2.05, 4.69) is 42.6 Å². The second-order valence-electron chi connectivity index (χ2n) is 2.89. The van der Waals surface area contributed by atoms with Gasteiger partial charge in [0.2, 0.25) is 0 Å². The zero-order valence-electron chi connectivity index (χ0n) is 7.88. The summed E-state index contributed by atoms with van der Waals surface area (Å²) >= 11 is 0. The quantitative estimate of drug-likeness (QED) is 0.712. The first kappa shape index (κ1) is 9.60. The Labute approximate surface area is 79.2 Å². The first-order chi connectivity index (χ1) is 6.36. The van der Waals surface area contributed by atoms with Crippen molar-refractivity contribution in [1.82, 2.24) is 0 Å². The molecule has 0 atom stereocenters. The molecule has 0 spiro atoms. The van der Waals surface area contributed by atoms with E-state index in [9.17, 15) is 0 Å². The summed E-state index contributed by atoms with van der Waals surface area (Å²) in [4.78, 5) is 0. The van der Waals surface area contributed by atoms with Crippen LogP contribution in [0.2, 0.25) is 0 Å². The topological polar surface area (TPSA) is 35.8 Å². The van der Waals surface area contributed by atoms with E-state index in [1.54, 1.807) is 0 Å². The molecule has 68 valence electrons. The summed E-state index contributed by atoms with van der Waals surface area (Å²) in [6.07, 6.45) is 1.62. The molecule has 0 saturated heterocycles. The second kappa shape index (κ2) is 5.21. The van der Waals surface area contributed by atoms with Crippen LogP contribution in [-0.4, -0.2) is 6.54 Å². The number of nitrogens with zero attached hydrogens (tertiary/aromatic N) is 1. The van der Waals surface area contributed by atoms with E-state index < -0.39 is 0 Å². The zero-order valence-corrected chi connectivity index (χ0v) is 7.88. The average molecular weight is 174 g/mol. The standard InChI is InChI=1S/C11H14N2/c1-2-10-4-6-11(7-5-10)13-9-3-8-12/h4-7,13H,2-3,9H2,1H3. The van der Waals surface area contributed by atoms with Crippen molar-refractivity contribution in [2.45, 2.75) is 19.8 Å². The van der Waals surface area contributed by atoms with E-state index in [0.717, 1.165) is 18.7 Å². The van der Waals surface area contributed by atoms with E-state index >= 15 is 0 Å². The normalized spacial score (nSPS) is 9.23. The van der Waals surface area contributed by atoms with Gasteiger partial charge in [-0.3, -0.25) is 0 Å². The van der Waals surface area contributed by atoms with Crippen molar-refractivity contribution in [2.75, 3.05) is 11.9 Å². The van der Waals surface area contributed by atoms with Crippen molar-refractivity contribution < 1.29 is 0 Å². The molecule has 0 unspecified atom stereocenters. The van der Waals surface area contributed by atoms with Crippen LogP contribution in [0.3, 0.4) is 0 Å². The number of nitrogens with one attached hydrogen (secondary N) is 1. The van der Waals surface area contributed by atoms with Gasteiger partial charge in [0.05, 0.1) is 12.5 Å². The zero-order chi connectivity index (χ0) is 9.52. The molecular formula is C11H14N2. The fourth-order valence-corrected chi connectivity index (χ4v) is 1.12. The number of rotatable bonds is 4. The van der Waals surface area contributed by atoms with Crippen LogP contribution >= 0.6 is 0 Å². The van der Waals surface area contributed by atoms with Crippen LogP contribution in [-0.2, 0) is 6.42 Å². The largest absolute Gasteiger partial charge is 0.384 e. The van der Waals surface area contributed by atoms with Crippen LogP contribution in [0.15, 0.2) is 24.3 Å². The van der Waals surface area contributed by atoms with E-state index in [1.165, 1.54) is 5.56 Å². The Bertz CT molecular complexity index is 282. The van der Waals surface area contributed by atoms with E-state index in [4.69, 9.17) is 5.26 Å². The van der Waals surface area contributed by atoms with Gasteiger partial charge in [0.1, 0.15) is 0 Å². The smallest absolute Gasteiger partial charge is 0.0640 e. The van der Waals surface area contributed by atoms with Gasteiger partial charge in [-0.05, 0) is 24.1 Å². The molecular weight excluding hydrogens is 160 g/mol. The van der Waals surface area contributed by atoms with Gasteiger partial charge in [-0.25, -0.2) is 0 Å². The molecule has 0 heterocycles. The van der Waals surface area contributed by atoms with Crippen LogP contribution in [0.5, 0.6) is 0 Å². The molecule has 0 saturated carbocycles. The highest BCUT2D eigenvalue weighted by Gasteiger charge is 1.91. The highest BCUT2D eigenvalue weighted by Crippen LogP contribution is 2.09. The molecule has 0 radical (unpaired) electrons. The molecule has 1 aromatic carbocycles. The molecule has 2 heteroatoms. The molecule has 1 rings (SSSR count). The summed E-state index contributed by atoms with van der Waals surface area (Å²) in [5.41, 5.74) is 2.43. The SMILES string of the molecule is CCc1ccc(NCCC#N)cc1. The van der Waals surface area contributed by atoms with Gasteiger partial charge in [-0.15, -0.1) is 0 Å². The Balaban J connectivity index is 2.45. The monoisotopic (exact) mass is 174 g/mol. The van der Waals surface area contributed by atoms with Crippen molar-refractivity contribution in [3.63, 3.8) is 0 Å². The van der Waals surface area contributed by atoms with Gasteiger partial charge in [-0.2, -0.15) is 5.26 Å². The third-order valence-corrected chi connectivity index (χ3v) is 1.93. The molecule has 0 fully saturated rings. The minimum Gasteiger partial charge on any atom is -0.384 e. The minimum absolute atomic E-state index is 0.551. The van der Waals surface area contributed by atoms with Gasteiger partial charge in [-0.1, -0.05) is 19.1 Å². The van der Waals surface area contributed by atoms with Crippen LogP contribution < -0.4 is 5.32 Å². The van der Waals surface area contributed by atoms with Gasteiger partial charge in [0, 0.05) is 12.2 Å². The van der Waals surface area contributed by atoms with Crippen LogP contribution in [0.1, 0.15) is 18.9 Å². The fourth-order valence-electron chi connectivity index (χ4n) is 1.12. The third-order valence-electron chi connectivity index (χ3n) is 1.93. The molecule has 1 N–H and O–H groups in total. The predicted octanol–water partition coefficient (Wildman–Crippen LogP) is 2.57. The molecule has 2 nitrogen and oxygen atoms in total. The minimum atomic E-state index is 0.551. The van der Waals surface area contributed by atoms with Crippen LogP contribution in [0.4, 0.5) is 5.69 Å². The van der Waals surface area contributed by atoms with Crippen molar-refractivity contribution in [2.24, 2.45) is 0 Å². The van der Waals surface area contributed by atoms with Gasteiger partial charge >= 0.3 is 0 Å². The lowest BCUT2D eigenvalue weighted by Crippen LogP contribution is -1.99. The van der Waals surface area contributed by atoms with E-state index in [1.807, 2.05) is 0 Å². The van der Waals surface area contributed by atoms with Crippen molar-refractivity contribution >= 4 is 5.69 Å². The van der Waals surface area contributed by atoms with Gasteiger partial charge in [0.15, 0.2) is 0 Å². The Morgan fingerprint density at radius 2 is 2.00 bits per heavy atom. The highest BCUT2D eigenvalue weighted by atomic mass is 14.9. The number of nitriles is 1. The molecule has 13 heavy (non-hydrogen) atoms. The lowest BCUT2D eigenvalue weighted by atomic mass is 10.1. The molecule has 0 bridgehead atoms. The Morgan fingerprint density at radius 3 is 2.54 bits per heavy atom. The summed E-state index contributed by atoms with van der Waals surface area (Å²) in [7, 11) is 0. The lowest BCUT2D eigenvalue weighted by molar-refractivity contribution is 1.07. The maximum atomic E-state index is 8.34. The number of aryl methyl sites for hydroxylation is 1. The average Bonchev–Trinajstić information content (AvgIpc) is 2.19. The Kier molecular flexibility index (Phi) is 3.84. The van der Waals surface area contributed by atoms with Crippen LogP contribution in [0.25, 0.3) is 0 Å². The number of benzene rings is 1. The second-order valence-corrected chi connectivity index (χ2v) is 2.89. The first-order valence-electron chi connectivity index (χ1n) is 4.56. The predicted molar refractivity (Wildman–Crippen MR) is 54.5 cm³/mol. The Morgan fingerprint density at radius 1 is 1.31 bits per heavy atom. The fraction of sp³-hybridized carbons (Fsp3) is 0.364. The molecule has 0 aliphatic carbocycles. The third kappa shape index (κ3) is 3.16. The summed E-state index contributed by atoms with van der Waals surface area (Å²) in [5.74, 6) is 0. The number of hydrogen-bond acceptors (Lipinski definition) is 2. The maximum absolute atomic E-state index is 8.34. The number of anilines is 1. The highest BCUT2D eigenvalue weighted by molar-refractivity contribution is 5.44. The van der Waals surface area contributed by atoms with Gasteiger partial charge in [0.25, 0.3) is 0 Å². The van der Waals surface area contributed by atoms with E-state index in [-0.39, 0.29) is 0 Å². The van der Waals surface area contributed by atoms with Crippen molar-refractivity contribution in [3.05, 3.63) is 29.8 Å². The first-order valence-corrected chi connectivity index (χ1v) is 4.56. The summed E-state index contributed by atoms with van der Waals surface area (Å²) < 4.78 is 0. The molecule has 0 aliphatic heterocycles. The van der Waals surface area contributed by atoms with Crippen LogP contribution in [0, 0.1) is 11.3 Å². The molecule has 0 aromatic heterocycles. The Hall–Kier alpha value is -1.49. The van der Waals surface area contributed by atoms with Gasteiger partial charge < -0.3 is 5.32 Å². The molecule has 1 aromatic rings. The maximum Gasteiger partial charge on any atom is 0.0640 e. The summed E-state index contributed by atoms with van der Waals surface area (Å²) in [6, 6.07) is 10.4. The number of hydrogen-bond donors (Lipinski definition) is 1. The summed E-state index contributed by atoms with van der Waals surface area (Å²) in [6.45, 7) is 2.86. The van der Waals surface area contributed by atoms with Crippen molar-refractivity contribution in [3.8, 4) is 6.07 Å². The van der Waals surface area contributed by atoms with E-state index in [0.29, 0.717) is 6.42 Å².